The van der Waals surface area contributed by atoms with Gasteiger partial charge < -0.3 is 15.2 Å². The fourth-order valence-corrected chi connectivity index (χ4v) is 3.84. The van der Waals surface area contributed by atoms with Crippen LogP contribution in [0.15, 0.2) is 72.8 Å². The molecule has 1 aliphatic rings. The van der Waals surface area contributed by atoms with Crippen LogP contribution in [0.25, 0.3) is 10.9 Å². The highest BCUT2D eigenvalue weighted by atomic mass is 19.1. The number of H-pyrrole nitrogens is 1. The van der Waals surface area contributed by atoms with Gasteiger partial charge in [-0.1, -0.05) is 24.3 Å². The molecule has 0 unspecified atom stereocenters. The number of carbonyl (C=O) groups is 2. The zero-order valence-electron chi connectivity index (χ0n) is 16.0. The Kier molecular flexibility index (Phi) is 4.32. The van der Waals surface area contributed by atoms with Gasteiger partial charge in [0, 0.05) is 34.4 Å². The smallest absolute Gasteiger partial charge is 0.272 e. The van der Waals surface area contributed by atoms with Crippen molar-refractivity contribution in [2.45, 2.75) is 6.42 Å². The van der Waals surface area contributed by atoms with Gasteiger partial charge in [-0.3, -0.25) is 9.59 Å². The van der Waals surface area contributed by atoms with Crippen LogP contribution in [0, 0.1) is 5.82 Å². The fraction of sp³-hybridized carbons (Fsp3) is 0.0833. The zero-order valence-corrected chi connectivity index (χ0v) is 16.0. The Bertz CT molecular complexity index is 1280. The molecular formula is C24H18FN3O2. The number of halogens is 1. The standard InChI is InChI=1S/C24H18FN3O2/c25-19-5-3-6-20-18(19)14-21(27-20)23(29)26-17-10-8-16(9-11-17)24(30)28-13-12-15-4-1-2-7-22(15)28/h1-11,14,27H,12-13H2,(H,26,29). The quantitative estimate of drug-likeness (QED) is 0.522. The van der Waals surface area contributed by atoms with E-state index in [0.29, 0.717) is 28.7 Å². The summed E-state index contributed by atoms with van der Waals surface area (Å²) in [5.41, 5.74) is 4.06. The summed E-state index contributed by atoms with van der Waals surface area (Å²) in [6.07, 6.45) is 0.848. The number of carbonyl (C=O) groups excluding carboxylic acids is 2. The predicted octanol–water partition coefficient (Wildman–Crippen LogP) is 4.76. The van der Waals surface area contributed by atoms with Gasteiger partial charge in [0.2, 0.25) is 0 Å². The van der Waals surface area contributed by atoms with E-state index < -0.39 is 0 Å². The summed E-state index contributed by atoms with van der Waals surface area (Å²) in [4.78, 5) is 30.1. The molecule has 2 heterocycles. The summed E-state index contributed by atoms with van der Waals surface area (Å²) < 4.78 is 13.8. The Morgan fingerprint density at radius 2 is 1.77 bits per heavy atom. The summed E-state index contributed by atoms with van der Waals surface area (Å²) in [6.45, 7) is 0.660. The Balaban J connectivity index is 1.32. The summed E-state index contributed by atoms with van der Waals surface area (Å²) in [6, 6.07) is 20.8. The molecule has 148 valence electrons. The number of hydrogen-bond donors (Lipinski definition) is 2. The van der Waals surface area contributed by atoms with Crippen molar-refractivity contribution >= 4 is 34.1 Å². The molecule has 1 aliphatic heterocycles. The maximum Gasteiger partial charge on any atom is 0.272 e. The summed E-state index contributed by atoms with van der Waals surface area (Å²) in [7, 11) is 0. The van der Waals surface area contributed by atoms with Crippen LogP contribution < -0.4 is 10.2 Å². The minimum absolute atomic E-state index is 0.0658. The van der Waals surface area contributed by atoms with Crippen molar-refractivity contribution in [1.82, 2.24) is 4.98 Å². The van der Waals surface area contributed by atoms with E-state index >= 15 is 0 Å². The van der Waals surface area contributed by atoms with Crippen molar-refractivity contribution in [3.63, 3.8) is 0 Å². The van der Waals surface area contributed by atoms with Gasteiger partial charge in [-0.05, 0) is 60.5 Å². The molecule has 3 aromatic carbocycles. The van der Waals surface area contributed by atoms with E-state index in [2.05, 4.69) is 10.3 Å². The Morgan fingerprint density at radius 3 is 2.57 bits per heavy atom. The maximum absolute atomic E-state index is 13.8. The minimum Gasteiger partial charge on any atom is -0.350 e. The third-order valence-electron chi connectivity index (χ3n) is 5.38. The van der Waals surface area contributed by atoms with Crippen LogP contribution in [-0.2, 0) is 6.42 Å². The third-order valence-corrected chi connectivity index (χ3v) is 5.38. The van der Waals surface area contributed by atoms with Crippen molar-refractivity contribution < 1.29 is 14.0 Å². The molecule has 5 rings (SSSR count). The average Bonchev–Trinajstić information content (AvgIpc) is 3.39. The number of rotatable bonds is 3. The van der Waals surface area contributed by atoms with Gasteiger partial charge in [-0.15, -0.1) is 0 Å². The van der Waals surface area contributed by atoms with Crippen molar-refractivity contribution in [2.24, 2.45) is 0 Å². The molecule has 6 heteroatoms. The topological polar surface area (TPSA) is 65.2 Å². The van der Waals surface area contributed by atoms with E-state index in [1.165, 1.54) is 17.7 Å². The number of hydrogen-bond acceptors (Lipinski definition) is 2. The van der Waals surface area contributed by atoms with Crippen LogP contribution >= 0.6 is 0 Å². The molecule has 5 nitrogen and oxygen atoms in total. The lowest BCUT2D eigenvalue weighted by Gasteiger charge is -2.17. The summed E-state index contributed by atoms with van der Waals surface area (Å²) >= 11 is 0. The summed E-state index contributed by atoms with van der Waals surface area (Å²) in [5.74, 6) is -0.823. The number of aromatic amines is 1. The number of anilines is 2. The highest BCUT2D eigenvalue weighted by Crippen LogP contribution is 2.29. The number of aromatic nitrogens is 1. The number of fused-ring (bicyclic) bond motifs is 2. The number of nitrogens with one attached hydrogen (secondary N) is 2. The normalized spacial score (nSPS) is 12.8. The first-order chi connectivity index (χ1) is 14.6. The molecule has 0 atom stereocenters. The number of para-hydroxylation sites is 1. The average molecular weight is 399 g/mol. The second kappa shape index (κ2) is 7.15. The van der Waals surface area contributed by atoms with E-state index in [9.17, 15) is 14.0 Å². The Labute approximate surface area is 172 Å². The third kappa shape index (κ3) is 3.12. The number of nitrogens with zero attached hydrogens (tertiary/aromatic N) is 1. The second-order valence-corrected chi connectivity index (χ2v) is 7.25. The van der Waals surface area contributed by atoms with Crippen molar-refractivity contribution in [2.75, 3.05) is 16.8 Å². The van der Waals surface area contributed by atoms with Gasteiger partial charge in [-0.25, -0.2) is 4.39 Å². The van der Waals surface area contributed by atoms with Crippen molar-refractivity contribution in [1.29, 1.82) is 0 Å². The molecule has 0 radical (unpaired) electrons. The fourth-order valence-electron chi connectivity index (χ4n) is 3.84. The monoisotopic (exact) mass is 399 g/mol. The molecule has 0 saturated carbocycles. The zero-order chi connectivity index (χ0) is 20.7. The lowest BCUT2D eigenvalue weighted by molar-refractivity contribution is 0.0988. The van der Waals surface area contributed by atoms with Crippen LogP contribution in [0.2, 0.25) is 0 Å². The van der Waals surface area contributed by atoms with Crippen LogP contribution in [0.4, 0.5) is 15.8 Å². The molecule has 30 heavy (non-hydrogen) atoms. The largest absolute Gasteiger partial charge is 0.350 e. The van der Waals surface area contributed by atoms with E-state index in [-0.39, 0.29) is 23.3 Å². The lowest BCUT2D eigenvalue weighted by atomic mass is 10.1. The minimum atomic E-state index is -0.380. The molecular weight excluding hydrogens is 381 g/mol. The molecule has 0 bridgehead atoms. The molecule has 2 amide bonds. The van der Waals surface area contributed by atoms with Gasteiger partial charge in [0.15, 0.2) is 0 Å². The molecule has 2 N–H and O–H groups in total. The molecule has 0 saturated heterocycles. The molecule has 4 aromatic rings. The Morgan fingerprint density at radius 1 is 0.967 bits per heavy atom. The molecule has 1 aromatic heterocycles. The van der Waals surface area contributed by atoms with Gasteiger partial charge in [-0.2, -0.15) is 0 Å². The van der Waals surface area contributed by atoms with Crippen molar-refractivity contribution in [3.8, 4) is 0 Å². The van der Waals surface area contributed by atoms with Gasteiger partial charge in [0.05, 0.1) is 0 Å². The van der Waals surface area contributed by atoms with Gasteiger partial charge in [0.1, 0.15) is 11.5 Å². The van der Waals surface area contributed by atoms with Crippen LogP contribution in [-0.4, -0.2) is 23.3 Å². The lowest BCUT2D eigenvalue weighted by Crippen LogP contribution is -2.28. The summed E-state index contributed by atoms with van der Waals surface area (Å²) in [5, 5.41) is 3.14. The number of benzene rings is 3. The van der Waals surface area contributed by atoms with Gasteiger partial charge in [0.25, 0.3) is 11.8 Å². The number of amides is 2. The van der Waals surface area contributed by atoms with Crippen LogP contribution in [0.5, 0.6) is 0 Å². The molecule has 0 fully saturated rings. The predicted molar refractivity (Wildman–Crippen MR) is 114 cm³/mol. The Hall–Kier alpha value is -3.93. The highest BCUT2D eigenvalue weighted by Gasteiger charge is 2.25. The maximum atomic E-state index is 13.8. The SMILES string of the molecule is O=C(Nc1ccc(C(=O)N2CCc3ccccc32)cc1)c1cc2c(F)cccc2[nH]1. The van der Waals surface area contributed by atoms with E-state index in [1.54, 1.807) is 41.3 Å². The highest BCUT2D eigenvalue weighted by molar-refractivity contribution is 6.08. The first kappa shape index (κ1) is 18.1. The van der Waals surface area contributed by atoms with E-state index in [0.717, 1.165) is 12.1 Å². The van der Waals surface area contributed by atoms with Crippen molar-refractivity contribution in [3.05, 3.63) is 95.4 Å². The van der Waals surface area contributed by atoms with Gasteiger partial charge >= 0.3 is 0 Å². The molecule has 0 aliphatic carbocycles. The van der Waals surface area contributed by atoms with E-state index in [1.807, 2.05) is 24.3 Å². The van der Waals surface area contributed by atoms with Crippen LogP contribution in [0.3, 0.4) is 0 Å². The first-order valence-corrected chi connectivity index (χ1v) is 9.68. The first-order valence-electron chi connectivity index (χ1n) is 9.68. The van der Waals surface area contributed by atoms with Crippen LogP contribution in [0.1, 0.15) is 26.4 Å². The second-order valence-electron chi connectivity index (χ2n) is 7.25. The van der Waals surface area contributed by atoms with E-state index in [4.69, 9.17) is 0 Å². The molecule has 0 spiro atoms.